The molecule has 0 spiro atoms. The molecule has 2 aliphatic rings. The normalized spacial score (nSPS) is 22.7. The largest absolute Gasteiger partial charge is 0.355 e. The molecule has 0 aromatic heterocycles. The molecule has 150 valence electrons. The van der Waals surface area contributed by atoms with Crippen molar-refractivity contribution in [1.82, 2.24) is 15.5 Å². The molecule has 2 saturated heterocycles. The van der Waals surface area contributed by atoms with Gasteiger partial charge >= 0.3 is 0 Å². The van der Waals surface area contributed by atoms with Gasteiger partial charge in [-0.2, -0.15) is 0 Å². The number of likely N-dealkylation sites (tertiary alicyclic amines) is 1. The molecule has 0 saturated carbocycles. The molecule has 2 unspecified atom stereocenters. The first kappa shape index (κ1) is 21.7. The lowest BCUT2D eigenvalue weighted by Gasteiger charge is -2.33. The fourth-order valence-electron chi connectivity index (χ4n) is 4.14. The summed E-state index contributed by atoms with van der Waals surface area (Å²) in [4.78, 5) is 27.3. The quantitative estimate of drug-likeness (QED) is 0.826. The van der Waals surface area contributed by atoms with E-state index in [1.54, 1.807) is 0 Å². The average molecular weight is 394 g/mol. The van der Waals surface area contributed by atoms with Crippen molar-refractivity contribution in [2.45, 2.75) is 39.5 Å². The standard InChI is InChI=1S/C21H31N3O2.ClH/c1-15-9-16(2)11-19(10-15)21(26)24-8-4-6-18(14-24)20(25)23-13-17-5-3-7-22-12-17;/h9-11,17-18,22H,3-8,12-14H2,1-2H3,(H,23,25);1H. The van der Waals surface area contributed by atoms with Crippen LogP contribution in [0.1, 0.15) is 47.2 Å². The molecule has 27 heavy (non-hydrogen) atoms. The number of rotatable bonds is 4. The van der Waals surface area contributed by atoms with Gasteiger partial charge in [0.15, 0.2) is 0 Å². The number of nitrogens with zero attached hydrogens (tertiary/aromatic N) is 1. The van der Waals surface area contributed by atoms with Crippen LogP contribution in [0.25, 0.3) is 0 Å². The minimum absolute atomic E-state index is 0. The van der Waals surface area contributed by atoms with E-state index < -0.39 is 0 Å². The molecule has 0 radical (unpaired) electrons. The first-order chi connectivity index (χ1) is 12.5. The smallest absolute Gasteiger partial charge is 0.253 e. The van der Waals surface area contributed by atoms with Gasteiger partial charge in [-0.25, -0.2) is 0 Å². The fraction of sp³-hybridized carbons (Fsp3) is 0.619. The van der Waals surface area contributed by atoms with Crippen LogP contribution in [0.4, 0.5) is 0 Å². The van der Waals surface area contributed by atoms with Crippen LogP contribution in [-0.4, -0.2) is 49.4 Å². The van der Waals surface area contributed by atoms with Crippen LogP contribution >= 0.6 is 12.4 Å². The van der Waals surface area contributed by atoms with E-state index in [1.165, 1.54) is 12.8 Å². The van der Waals surface area contributed by atoms with Crippen LogP contribution in [0.15, 0.2) is 18.2 Å². The summed E-state index contributed by atoms with van der Waals surface area (Å²) in [5.74, 6) is 0.596. The molecular weight excluding hydrogens is 362 g/mol. The van der Waals surface area contributed by atoms with E-state index in [1.807, 2.05) is 30.9 Å². The third-order valence-corrected chi connectivity index (χ3v) is 5.51. The van der Waals surface area contributed by atoms with Crippen molar-refractivity contribution in [3.63, 3.8) is 0 Å². The van der Waals surface area contributed by atoms with E-state index in [-0.39, 0.29) is 30.1 Å². The Labute approximate surface area is 168 Å². The second-order valence-electron chi connectivity index (χ2n) is 7.92. The van der Waals surface area contributed by atoms with Gasteiger partial charge in [-0.15, -0.1) is 12.4 Å². The van der Waals surface area contributed by atoms with Crippen molar-refractivity contribution in [3.8, 4) is 0 Å². The molecule has 2 heterocycles. The SMILES string of the molecule is Cc1cc(C)cc(C(=O)N2CCCC(C(=O)NCC3CCCNC3)C2)c1.Cl. The lowest BCUT2D eigenvalue weighted by molar-refractivity contribution is -0.126. The number of carbonyl (C=O) groups excluding carboxylic acids is 2. The molecule has 1 aromatic carbocycles. The van der Waals surface area contributed by atoms with Gasteiger partial charge in [0.05, 0.1) is 5.92 Å². The Morgan fingerprint density at radius 3 is 2.56 bits per heavy atom. The van der Waals surface area contributed by atoms with Crippen molar-refractivity contribution in [2.24, 2.45) is 11.8 Å². The topological polar surface area (TPSA) is 61.4 Å². The van der Waals surface area contributed by atoms with Crippen LogP contribution < -0.4 is 10.6 Å². The van der Waals surface area contributed by atoms with Gasteiger partial charge in [0.2, 0.25) is 5.91 Å². The Morgan fingerprint density at radius 2 is 1.89 bits per heavy atom. The maximum Gasteiger partial charge on any atom is 0.253 e. The number of aryl methyl sites for hydroxylation is 2. The van der Waals surface area contributed by atoms with E-state index in [9.17, 15) is 9.59 Å². The number of amides is 2. The van der Waals surface area contributed by atoms with Crippen molar-refractivity contribution >= 4 is 24.2 Å². The molecule has 6 heteroatoms. The predicted molar refractivity (Wildman–Crippen MR) is 110 cm³/mol. The second-order valence-corrected chi connectivity index (χ2v) is 7.92. The third-order valence-electron chi connectivity index (χ3n) is 5.51. The van der Waals surface area contributed by atoms with Gasteiger partial charge in [-0.1, -0.05) is 17.2 Å². The Kier molecular flexibility index (Phi) is 8.11. The number of hydrogen-bond donors (Lipinski definition) is 2. The molecule has 2 amide bonds. The Balaban J connectivity index is 0.00000261. The Hall–Kier alpha value is -1.59. The minimum atomic E-state index is -0.0878. The number of halogens is 1. The molecule has 2 atom stereocenters. The van der Waals surface area contributed by atoms with E-state index in [0.717, 1.165) is 55.7 Å². The Bertz CT molecular complexity index is 639. The first-order valence-electron chi connectivity index (χ1n) is 9.89. The predicted octanol–water partition coefficient (Wildman–Crippen LogP) is 2.69. The van der Waals surface area contributed by atoms with Crippen molar-refractivity contribution < 1.29 is 9.59 Å². The number of benzene rings is 1. The molecule has 2 fully saturated rings. The Morgan fingerprint density at radius 1 is 1.15 bits per heavy atom. The number of piperidine rings is 2. The summed E-state index contributed by atoms with van der Waals surface area (Å²) >= 11 is 0. The molecule has 5 nitrogen and oxygen atoms in total. The van der Waals surface area contributed by atoms with Gasteiger partial charge < -0.3 is 15.5 Å². The second kappa shape index (κ2) is 10.1. The summed E-state index contributed by atoms with van der Waals surface area (Å²) in [6, 6.07) is 5.95. The lowest BCUT2D eigenvalue weighted by Crippen LogP contribution is -2.47. The van der Waals surface area contributed by atoms with Gasteiger partial charge in [0, 0.05) is 25.2 Å². The van der Waals surface area contributed by atoms with E-state index in [2.05, 4.69) is 16.7 Å². The van der Waals surface area contributed by atoms with Crippen LogP contribution in [-0.2, 0) is 4.79 Å². The zero-order valence-electron chi connectivity index (χ0n) is 16.4. The van der Waals surface area contributed by atoms with Crippen LogP contribution in [0, 0.1) is 25.7 Å². The lowest BCUT2D eigenvalue weighted by atomic mass is 9.95. The molecule has 1 aromatic rings. The van der Waals surface area contributed by atoms with E-state index in [4.69, 9.17) is 0 Å². The highest BCUT2D eigenvalue weighted by Gasteiger charge is 2.29. The zero-order valence-corrected chi connectivity index (χ0v) is 17.2. The summed E-state index contributed by atoms with van der Waals surface area (Å²) in [5, 5.41) is 6.51. The molecule has 0 bridgehead atoms. The molecule has 2 aliphatic heterocycles. The maximum atomic E-state index is 12.9. The van der Waals surface area contributed by atoms with Crippen LogP contribution in [0.2, 0.25) is 0 Å². The minimum Gasteiger partial charge on any atom is -0.355 e. The summed E-state index contributed by atoms with van der Waals surface area (Å²) < 4.78 is 0. The average Bonchev–Trinajstić information content (AvgIpc) is 2.65. The van der Waals surface area contributed by atoms with E-state index in [0.29, 0.717) is 12.5 Å². The summed E-state index contributed by atoms with van der Waals surface area (Å²) in [7, 11) is 0. The number of nitrogens with one attached hydrogen (secondary N) is 2. The summed E-state index contributed by atoms with van der Waals surface area (Å²) in [5.41, 5.74) is 2.93. The zero-order chi connectivity index (χ0) is 18.5. The molecule has 0 aliphatic carbocycles. The highest BCUT2D eigenvalue weighted by Crippen LogP contribution is 2.20. The number of hydrogen-bond acceptors (Lipinski definition) is 3. The van der Waals surface area contributed by atoms with Gasteiger partial charge in [-0.05, 0) is 70.7 Å². The molecule has 2 N–H and O–H groups in total. The van der Waals surface area contributed by atoms with Crippen LogP contribution in [0.5, 0.6) is 0 Å². The van der Waals surface area contributed by atoms with Gasteiger partial charge in [-0.3, -0.25) is 9.59 Å². The van der Waals surface area contributed by atoms with Crippen molar-refractivity contribution in [3.05, 3.63) is 34.9 Å². The van der Waals surface area contributed by atoms with E-state index >= 15 is 0 Å². The highest BCUT2D eigenvalue weighted by molar-refractivity contribution is 5.95. The number of carbonyl (C=O) groups is 2. The van der Waals surface area contributed by atoms with Gasteiger partial charge in [0.25, 0.3) is 5.91 Å². The van der Waals surface area contributed by atoms with Gasteiger partial charge in [0.1, 0.15) is 0 Å². The first-order valence-corrected chi connectivity index (χ1v) is 9.89. The molecular formula is C21H32ClN3O2. The fourth-order valence-corrected chi connectivity index (χ4v) is 4.14. The summed E-state index contributed by atoms with van der Waals surface area (Å²) in [6.45, 7) is 8.10. The summed E-state index contributed by atoms with van der Waals surface area (Å²) in [6.07, 6.45) is 4.11. The third kappa shape index (κ3) is 5.94. The highest BCUT2D eigenvalue weighted by atomic mass is 35.5. The monoisotopic (exact) mass is 393 g/mol. The van der Waals surface area contributed by atoms with Crippen LogP contribution in [0.3, 0.4) is 0 Å². The van der Waals surface area contributed by atoms with Crippen molar-refractivity contribution in [1.29, 1.82) is 0 Å². The molecule has 3 rings (SSSR count). The maximum absolute atomic E-state index is 12.9. The van der Waals surface area contributed by atoms with Crippen molar-refractivity contribution in [2.75, 3.05) is 32.7 Å².